The van der Waals surface area contributed by atoms with Crippen LogP contribution >= 0.6 is 0 Å². The number of hydrogen-bond donors (Lipinski definition) is 1. The van der Waals surface area contributed by atoms with Crippen LogP contribution in [0.2, 0.25) is 0 Å². The molecule has 1 atom stereocenters. The van der Waals surface area contributed by atoms with Crippen molar-refractivity contribution >= 4 is 17.4 Å². The molecule has 0 saturated carbocycles. The van der Waals surface area contributed by atoms with Crippen molar-refractivity contribution < 1.29 is 33.6 Å². The van der Waals surface area contributed by atoms with Crippen molar-refractivity contribution in [2.45, 2.75) is 39.3 Å². The van der Waals surface area contributed by atoms with Gasteiger partial charge in [-0.05, 0) is 60.9 Å². The fourth-order valence-corrected chi connectivity index (χ4v) is 4.83. The zero-order valence-corrected chi connectivity index (χ0v) is 22.6. The largest absolute Gasteiger partial charge is 0.507 e. The topological polar surface area (TPSA) is 107 Å². The number of carbonyl (C=O) groups excluding carboxylic acids is 2. The number of fused-ring (bicyclic) bond motifs is 1. The van der Waals surface area contributed by atoms with Gasteiger partial charge in [-0.15, -0.1) is 0 Å². The van der Waals surface area contributed by atoms with E-state index in [1.54, 1.807) is 54.9 Å². The summed E-state index contributed by atoms with van der Waals surface area (Å²) < 4.78 is 23.1. The highest BCUT2D eigenvalue weighted by molar-refractivity contribution is 6.46. The third-order valence-electron chi connectivity index (χ3n) is 6.77. The highest BCUT2D eigenvalue weighted by Crippen LogP contribution is 2.43. The van der Waals surface area contributed by atoms with Crippen molar-refractivity contribution in [3.05, 3.63) is 83.2 Å². The maximum atomic E-state index is 13.5. The summed E-state index contributed by atoms with van der Waals surface area (Å²) >= 11 is 0. The van der Waals surface area contributed by atoms with E-state index in [0.717, 1.165) is 18.4 Å². The normalized spacial score (nSPS) is 17.6. The summed E-state index contributed by atoms with van der Waals surface area (Å²) in [6.07, 6.45) is 5.18. The molecule has 2 aromatic carbocycles. The lowest BCUT2D eigenvalue weighted by Gasteiger charge is -2.26. The van der Waals surface area contributed by atoms with Crippen LogP contribution in [0.5, 0.6) is 23.0 Å². The van der Waals surface area contributed by atoms with Gasteiger partial charge < -0.3 is 29.0 Å². The van der Waals surface area contributed by atoms with Gasteiger partial charge in [0, 0.05) is 24.5 Å². The number of benzene rings is 2. The Morgan fingerprint density at radius 3 is 2.60 bits per heavy atom. The molecule has 1 N–H and O–H groups in total. The minimum Gasteiger partial charge on any atom is -0.507 e. The molecule has 2 aliphatic heterocycles. The molecular formula is C31H32N2O7. The number of aromatic nitrogens is 1. The van der Waals surface area contributed by atoms with Crippen molar-refractivity contribution in [2.24, 2.45) is 0 Å². The Hall–Kier alpha value is -4.53. The zero-order valence-electron chi connectivity index (χ0n) is 22.6. The van der Waals surface area contributed by atoms with Gasteiger partial charge in [-0.2, -0.15) is 0 Å². The van der Waals surface area contributed by atoms with E-state index in [9.17, 15) is 14.7 Å². The molecule has 40 heavy (non-hydrogen) atoms. The number of likely N-dealkylation sites (tertiary alicyclic amines) is 1. The average molecular weight is 545 g/mol. The predicted octanol–water partition coefficient (Wildman–Crippen LogP) is 5.05. The molecule has 1 saturated heterocycles. The summed E-state index contributed by atoms with van der Waals surface area (Å²) in [5.74, 6) is 0.310. The fraction of sp³-hybridized carbons (Fsp3) is 0.323. The summed E-state index contributed by atoms with van der Waals surface area (Å²) in [6.45, 7) is 5.83. The summed E-state index contributed by atoms with van der Waals surface area (Å²) in [7, 11) is 0. The summed E-state index contributed by atoms with van der Waals surface area (Å²) in [5.41, 5.74) is 1.68. The van der Waals surface area contributed by atoms with Gasteiger partial charge in [0.05, 0.1) is 24.8 Å². The Labute approximate surface area is 233 Å². The number of aliphatic hydroxyl groups is 1. The van der Waals surface area contributed by atoms with E-state index in [1.165, 1.54) is 4.90 Å². The lowest BCUT2D eigenvalue weighted by atomic mass is 9.94. The summed E-state index contributed by atoms with van der Waals surface area (Å²) in [5, 5.41) is 11.5. The number of aliphatic hydroxyl groups excluding tert-OH is 1. The molecule has 1 unspecified atom stereocenters. The van der Waals surface area contributed by atoms with Gasteiger partial charge >= 0.3 is 0 Å². The number of rotatable bonds is 10. The maximum absolute atomic E-state index is 13.5. The quantitative estimate of drug-likeness (QED) is 0.164. The first kappa shape index (κ1) is 27.1. The van der Waals surface area contributed by atoms with Crippen LogP contribution in [-0.4, -0.2) is 53.1 Å². The van der Waals surface area contributed by atoms with Crippen molar-refractivity contribution in [1.82, 2.24) is 9.88 Å². The van der Waals surface area contributed by atoms with Crippen LogP contribution in [-0.2, 0) is 16.1 Å². The standard InChI is InChI=1S/C31H32N2O7/c1-3-5-13-38-23-10-8-21(16-25(23)37-4-2)28-27(29(34)22-9-11-24-26(17-22)40-15-14-39-24)30(35)31(36)33(28)19-20-7-6-12-32-18-20/h6-12,16-18,28,34H,3-5,13-15,19H2,1-2H3/b29-27-. The van der Waals surface area contributed by atoms with Gasteiger partial charge in [0.2, 0.25) is 0 Å². The average Bonchev–Trinajstić information content (AvgIpc) is 3.23. The molecule has 9 nitrogen and oxygen atoms in total. The number of pyridine rings is 1. The smallest absolute Gasteiger partial charge is 0.295 e. The van der Waals surface area contributed by atoms with Crippen LogP contribution < -0.4 is 18.9 Å². The van der Waals surface area contributed by atoms with Gasteiger partial charge in [-0.3, -0.25) is 14.6 Å². The first-order valence-electron chi connectivity index (χ1n) is 13.5. The van der Waals surface area contributed by atoms with E-state index in [-0.39, 0.29) is 17.9 Å². The lowest BCUT2D eigenvalue weighted by Crippen LogP contribution is -2.29. The number of Topliss-reactive ketones (excluding diaryl/α,β-unsaturated/α-hetero) is 1. The Bertz CT molecular complexity index is 1420. The van der Waals surface area contributed by atoms with E-state index in [2.05, 4.69) is 11.9 Å². The Balaban J connectivity index is 1.61. The van der Waals surface area contributed by atoms with Crippen LogP contribution in [0, 0.1) is 0 Å². The number of ether oxygens (including phenoxy) is 4. The number of nitrogens with zero attached hydrogens (tertiary/aromatic N) is 2. The molecular weight excluding hydrogens is 512 g/mol. The van der Waals surface area contributed by atoms with Gasteiger partial charge in [-0.1, -0.05) is 25.5 Å². The molecule has 1 fully saturated rings. The minimum absolute atomic E-state index is 0.0207. The van der Waals surface area contributed by atoms with Crippen molar-refractivity contribution in [1.29, 1.82) is 0 Å². The van der Waals surface area contributed by atoms with Crippen molar-refractivity contribution in [3.63, 3.8) is 0 Å². The third kappa shape index (κ3) is 5.45. The lowest BCUT2D eigenvalue weighted by molar-refractivity contribution is -0.140. The third-order valence-corrected chi connectivity index (χ3v) is 6.77. The molecule has 5 rings (SSSR count). The Kier molecular flexibility index (Phi) is 8.19. The van der Waals surface area contributed by atoms with Crippen LogP contribution in [0.1, 0.15) is 49.4 Å². The first-order valence-corrected chi connectivity index (χ1v) is 13.5. The zero-order chi connectivity index (χ0) is 28.1. The number of ketones is 1. The minimum atomic E-state index is -0.877. The van der Waals surface area contributed by atoms with E-state index in [4.69, 9.17) is 18.9 Å². The van der Waals surface area contributed by atoms with Crippen molar-refractivity contribution in [3.8, 4) is 23.0 Å². The van der Waals surface area contributed by atoms with Gasteiger partial charge in [-0.25, -0.2) is 0 Å². The second kappa shape index (κ2) is 12.1. The van der Waals surface area contributed by atoms with Crippen LogP contribution in [0.3, 0.4) is 0 Å². The molecule has 9 heteroatoms. The molecule has 2 aliphatic rings. The number of carbonyl (C=O) groups is 2. The number of hydrogen-bond acceptors (Lipinski definition) is 8. The monoisotopic (exact) mass is 544 g/mol. The Morgan fingerprint density at radius 2 is 1.85 bits per heavy atom. The molecule has 208 valence electrons. The second-order valence-corrected chi connectivity index (χ2v) is 9.49. The summed E-state index contributed by atoms with van der Waals surface area (Å²) in [6, 6.07) is 13.0. The van der Waals surface area contributed by atoms with Crippen molar-refractivity contribution in [2.75, 3.05) is 26.4 Å². The number of amides is 1. The number of unbranched alkanes of at least 4 members (excludes halogenated alkanes) is 1. The molecule has 0 bridgehead atoms. The molecule has 3 heterocycles. The Morgan fingerprint density at radius 1 is 1.02 bits per heavy atom. The molecule has 3 aromatic rings. The van der Waals surface area contributed by atoms with E-state index >= 15 is 0 Å². The van der Waals surface area contributed by atoms with Crippen LogP contribution in [0.15, 0.2) is 66.5 Å². The molecule has 0 spiro atoms. The highest BCUT2D eigenvalue weighted by Gasteiger charge is 2.46. The molecule has 1 aromatic heterocycles. The highest BCUT2D eigenvalue weighted by atomic mass is 16.6. The van der Waals surface area contributed by atoms with Crippen LogP contribution in [0.4, 0.5) is 0 Å². The van der Waals surface area contributed by atoms with Crippen LogP contribution in [0.25, 0.3) is 5.76 Å². The maximum Gasteiger partial charge on any atom is 0.295 e. The molecule has 0 aliphatic carbocycles. The van der Waals surface area contributed by atoms with Gasteiger partial charge in [0.15, 0.2) is 23.0 Å². The summed E-state index contributed by atoms with van der Waals surface area (Å²) in [4.78, 5) is 32.5. The predicted molar refractivity (Wildman–Crippen MR) is 148 cm³/mol. The molecule has 1 amide bonds. The van der Waals surface area contributed by atoms with E-state index in [0.29, 0.717) is 60.6 Å². The van der Waals surface area contributed by atoms with Gasteiger partial charge in [0.25, 0.3) is 11.7 Å². The fourth-order valence-electron chi connectivity index (χ4n) is 4.83. The van der Waals surface area contributed by atoms with E-state index < -0.39 is 17.7 Å². The molecule has 0 radical (unpaired) electrons. The SMILES string of the molecule is CCCCOc1ccc(C2/C(=C(/O)c3ccc4c(c3)OCCO4)C(=O)C(=O)N2Cc2cccnc2)cc1OCC. The van der Waals surface area contributed by atoms with Gasteiger partial charge in [0.1, 0.15) is 19.0 Å². The first-order chi connectivity index (χ1) is 19.5. The second-order valence-electron chi connectivity index (χ2n) is 9.49. The van der Waals surface area contributed by atoms with E-state index in [1.807, 2.05) is 13.0 Å².